The molecule has 2 aromatic heterocycles. The smallest absolute Gasteiger partial charge is 0.239 e. The van der Waals surface area contributed by atoms with Crippen molar-refractivity contribution in [2.24, 2.45) is 0 Å². The van der Waals surface area contributed by atoms with Gasteiger partial charge in [-0.2, -0.15) is 0 Å². The van der Waals surface area contributed by atoms with Gasteiger partial charge in [0, 0.05) is 12.3 Å². The van der Waals surface area contributed by atoms with Gasteiger partial charge in [0.1, 0.15) is 12.0 Å². The fourth-order valence-corrected chi connectivity index (χ4v) is 1.50. The summed E-state index contributed by atoms with van der Waals surface area (Å²) >= 11 is 0. The first-order chi connectivity index (χ1) is 8.24. The molecule has 2 heterocycles. The van der Waals surface area contributed by atoms with E-state index in [-0.39, 0.29) is 5.95 Å². The molecule has 0 aliphatic heterocycles. The van der Waals surface area contributed by atoms with E-state index in [0.29, 0.717) is 23.7 Å². The average molecular weight is 235 g/mol. The van der Waals surface area contributed by atoms with Gasteiger partial charge in [0.25, 0.3) is 0 Å². The van der Waals surface area contributed by atoms with Gasteiger partial charge in [-0.1, -0.05) is 0 Å². The molecule has 2 rings (SSSR count). The lowest BCUT2D eigenvalue weighted by atomic mass is 10.3. The molecule has 0 bridgehead atoms. The van der Waals surface area contributed by atoms with E-state index in [1.165, 1.54) is 6.33 Å². The van der Waals surface area contributed by atoms with Crippen molar-refractivity contribution in [3.8, 4) is 11.5 Å². The zero-order valence-electron chi connectivity index (χ0n) is 9.62. The summed E-state index contributed by atoms with van der Waals surface area (Å²) in [7, 11) is 3.15. The maximum atomic E-state index is 5.44. The van der Waals surface area contributed by atoms with Crippen molar-refractivity contribution >= 4 is 5.95 Å². The highest BCUT2D eigenvalue weighted by molar-refractivity contribution is 5.42. The Balaban J connectivity index is 2.32. The fraction of sp³-hybridized carbons (Fsp3) is 0.300. The van der Waals surface area contributed by atoms with Gasteiger partial charge in [0.05, 0.1) is 20.8 Å². The van der Waals surface area contributed by atoms with Crippen LogP contribution in [0.2, 0.25) is 0 Å². The molecule has 0 radical (unpaired) electrons. The van der Waals surface area contributed by atoms with E-state index in [1.807, 2.05) is 0 Å². The van der Waals surface area contributed by atoms with Crippen molar-refractivity contribution in [1.29, 1.82) is 0 Å². The van der Waals surface area contributed by atoms with Gasteiger partial charge in [-0.3, -0.25) is 4.98 Å². The van der Waals surface area contributed by atoms with Crippen molar-refractivity contribution in [3.05, 3.63) is 24.3 Å². The Morgan fingerprint density at radius 1 is 1.29 bits per heavy atom. The first-order valence-electron chi connectivity index (χ1n) is 4.95. The van der Waals surface area contributed by atoms with Crippen LogP contribution in [0.1, 0.15) is 5.69 Å². The van der Waals surface area contributed by atoms with E-state index in [1.54, 1.807) is 31.2 Å². The molecule has 0 aliphatic carbocycles. The molecular weight excluding hydrogens is 222 g/mol. The highest BCUT2D eigenvalue weighted by Crippen LogP contribution is 2.29. The predicted molar refractivity (Wildman–Crippen MR) is 60.9 cm³/mol. The molecule has 2 N–H and O–H groups in total. The second-order valence-corrected chi connectivity index (χ2v) is 3.29. The number of methoxy groups -OCH3 is 2. The van der Waals surface area contributed by atoms with Crippen LogP contribution in [0.3, 0.4) is 0 Å². The fourth-order valence-electron chi connectivity index (χ4n) is 1.50. The minimum absolute atomic E-state index is 0.229. The van der Waals surface area contributed by atoms with Crippen molar-refractivity contribution in [1.82, 2.24) is 19.7 Å². The summed E-state index contributed by atoms with van der Waals surface area (Å²) in [5, 5.41) is 3.98. The molecule has 0 spiro atoms. The van der Waals surface area contributed by atoms with E-state index < -0.39 is 0 Å². The number of nitrogen functional groups attached to an aromatic ring is 1. The molecule has 0 fully saturated rings. The summed E-state index contributed by atoms with van der Waals surface area (Å²) in [5.74, 6) is 1.45. The van der Waals surface area contributed by atoms with Crippen LogP contribution >= 0.6 is 0 Å². The van der Waals surface area contributed by atoms with Gasteiger partial charge in [-0.05, 0) is 0 Å². The molecule has 0 aromatic carbocycles. The zero-order valence-corrected chi connectivity index (χ0v) is 9.62. The van der Waals surface area contributed by atoms with Crippen LogP contribution < -0.4 is 15.2 Å². The number of rotatable bonds is 4. The molecular formula is C10H13N5O2. The Kier molecular flexibility index (Phi) is 3.08. The molecule has 2 aromatic rings. The largest absolute Gasteiger partial charge is 0.493 e. The number of nitrogens with zero attached hydrogens (tertiary/aromatic N) is 4. The van der Waals surface area contributed by atoms with Crippen molar-refractivity contribution < 1.29 is 9.47 Å². The van der Waals surface area contributed by atoms with Gasteiger partial charge < -0.3 is 15.2 Å². The highest BCUT2D eigenvalue weighted by atomic mass is 16.5. The maximum absolute atomic E-state index is 5.44. The first-order valence-corrected chi connectivity index (χ1v) is 4.95. The van der Waals surface area contributed by atoms with Gasteiger partial charge in [0.2, 0.25) is 5.95 Å². The normalized spacial score (nSPS) is 10.2. The Hall–Kier alpha value is -2.31. The average Bonchev–Trinajstić information content (AvgIpc) is 2.74. The third-order valence-corrected chi connectivity index (χ3v) is 2.23. The van der Waals surface area contributed by atoms with Gasteiger partial charge in [-0.15, -0.1) is 5.10 Å². The second kappa shape index (κ2) is 4.69. The third-order valence-electron chi connectivity index (χ3n) is 2.23. The number of pyridine rings is 1. The second-order valence-electron chi connectivity index (χ2n) is 3.29. The molecule has 0 amide bonds. The number of aromatic nitrogens is 4. The predicted octanol–water partition coefficient (Wildman–Crippen LogP) is 0.321. The summed E-state index contributed by atoms with van der Waals surface area (Å²) in [6.07, 6.45) is 3.19. The van der Waals surface area contributed by atoms with E-state index in [9.17, 15) is 0 Å². The molecule has 0 saturated carbocycles. The molecule has 7 nitrogen and oxygen atoms in total. The highest BCUT2D eigenvalue weighted by Gasteiger charge is 2.11. The first kappa shape index (κ1) is 11.2. The van der Waals surface area contributed by atoms with Crippen molar-refractivity contribution in [3.63, 3.8) is 0 Å². The molecule has 17 heavy (non-hydrogen) atoms. The molecule has 90 valence electrons. The number of hydrogen-bond acceptors (Lipinski definition) is 6. The Bertz CT molecular complexity index is 511. The quantitative estimate of drug-likeness (QED) is 0.821. The van der Waals surface area contributed by atoms with Crippen LogP contribution in [0.15, 0.2) is 18.6 Å². The van der Waals surface area contributed by atoms with E-state index in [4.69, 9.17) is 15.2 Å². The van der Waals surface area contributed by atoms with E-state index in [2.05, 4.69) is 15.1 Å². The minimum atomic E-state index is 0.229. The Morgan fingerprint density at radius 2 is 2.12 bits per heavy atom. The van der Waals surface area contributed by atoms with Crippen LogP contribution in [0.4, 0.5) is 5.95 Å². The molecule has 0 unspecified atom stereocenters. The lowest BCUT2D eigenvalue weighted by Crippen LogP contribution is -2.06. The number of anilines is 1. The van der Waals surface area contributed by atoms with E-state index in [0.717, 1.165) is 0 Å². The summed E-state index contributed by atoms with van der Waals surface area (Å²) in [6, 6.07) is 1.73. The van der Waals surface area contributed by atoms with Crippen molar-refractivity contribution in [2.75, 3.05) is 20.0 Å². The van der Waals surface area contributed by atoms with Gasteiger partial charge in [0.15, 0.2) is 11.5 Å². The summed E-state index contributed by atoms with van der Waals surface area (Å²) in [6.45, 7) is 0.421. The number of hydrogen-bond donors (Lipinski definition) is 1. The number of nitrogens with two attached hydrogens (primary N) is 1. The lowest BCUT2D eigenvalue weighted by molar-refractivity contribution is 0.348. The van der Waals surface area contributed by atoms with Crippen LogP contribution in [0.5, 0.6) is 11.5 Å². The molecule has 0 saturated heterocycles. The summed E-state index contributed by atoms with van der Waals surface area (Å²) in [4.78, 5) is 8.07. The topological polar surface area (TPSA) is 88.1 Å². The van der Waals surface area contributed by atoms with Gasteiger partial charge in [-0.25, -0.2) is 9.67 Å². The standard InChI is InChI=1S/C10H13N5O2/c1-16-8-3-4-12-7(9(8)17-2)5-15-6-13-10(11)14-15/h3-4,6H,5H2,1-2H3,(H2,11,14). The Labute approximate surface area is 98.2 Å². The van der Waals surface area contributed by atoms with Crippen LogP contribution in [-0.2, 0) is 6.54 Å². The molecule has 0 aliphatic rings. The van der Waals surface area contributed by atoms with Crippen LogP contribution in [0.25, 0.3) is 0 Å². The monoisotopic (exact) mass is 235 g/mol. The zero-order chi connectivity index (χ0) is 12.3. The molecule has 7 heteroatoms. The van der Waals surface area contributed by atoms with Crippen LogP contribution in [-0.4, -0.2) is 34.0 Å². The summed E-state index contributed by atoms with van der Waals surface area (Å²) < 4.78 is 12.0. The lowest BCUT2D eigenvalue weighted by Gasteiger charge is -2.11. The molecule has 0 atom stereocenters. The van der Waals surface area contributed by atoms with Crippen LogP contribution in [0, 0.1) is 0 Å². The summed E-state index contributed by atoms with van der Waals surface area (Å²) in [5.41, 5.74) is 6.14. The van der Waals surface area contributed by atoms with Gasteiger partial charge >= 0.3 is 0 Å². The third kappa shape index (κ3) is 2.27. The number of ether oxygens (including phenoxy) is 2. The van der Waals surface area contributed by atoms with E-state index >= 15 is 0 Å². The van der Waals surface area contributed by atoms with Crippen molar-refractivity contribution in [2.45, 2.75) is 6.54 Å². The maximum Gasteiger partial charge on any atom is 0.239 e. The minimum Gasteiger partial charge on any atom is -0.493 e. The Morgan fingerprint density at radius 3 is 2.71 bits per heavy atom. The SMILES string of the molecule is COc1ccnc(Cn2cnc(N)n2)c1OC.